The number of ketones is 2. The second-order valence-electron chi connectivity index (χ2n) is 23.7. The van der Waals surface area contributed by atoms with Gasteiger partial charge >= 0.3 is 68.6 Å². The molecule has 600 valence electrons. The predicted octanol–water partition coefficient (Wildman–Crippen LogP) is 7.24. The fourth-order valence-corrected chi connectivity index (χ4v) is 11.9. The summed E-state index contributed by atoms with van der Waals surface area (Å²) < 4.78 is 151. The van der Waals surface area contributed by atoms with Crippen molar-refractivity contribution in [2.75, 3.05) is 66.8 Å². The normalized spacial score (nSPS) is 19.2. The molecular formula is C68H82BrN7O32S2. The van der Waals surface area contributed by atoms with E-state index in [1.165, 1.54) is 48.5 Å². The van der Waals surface area contributed by atoms with E-state index in [9.17, 15) is 64.8 Å². The molecule has 110 heavy (non-hydrogen) atoms. The highest BCUT2D eigenvalue weighted by molar-refractivity contribution is 9.08. The van der Waals surface area contributed by atoms with Gasteiger partial charge in [0.25, 0.3) is 0 Å². The third kappa shape index (κ3) is 31.7. The van der Waals surface area contributed by atoms with Crippen LogP contribution in [-0.4, -0.2) is 209 Å². The van der Waals surface area contributed by atoms with Gasteiger partial charge in [-0.05, 0) is 110 Å². The molecule has 2 unspecified atom stereocenters. The quantitative estimate of drug-likeness (QED) is 0.00617. The Morgan fingerprint density at radius 2 is 0.791 bits per heavy atom. The summed E-state index contributed by atoms with van der Waals surface area (Å²) in [6.07, 6.45) is -15.4. The van der Waals surface area contributed by atoms with Gasteiger partial charge in [-0.3, -0.25) is 47.9 Å². The van der Waals surface area contributed by atoms with Crippen LogP contribution in [0.3, 0.4) is 0 Å². The van der Waals surface area contributed by atoms with Crippen molar-refractivity contribution >= 4 is 96.0 Å². The maximum atomic E-state index is 13.3. The van der Waals surface area contributed by atoms with Crippen LogP contribution in [0, 0.1) is 0 Å². The Balaban J connectivity index is 0.000000394. The number of azide groups is 2. The second kappa shape index (κ2) is 44.9. The number of benzene rings is 4. The molecule has 2 aliphatic rings. The first-order chi connectivity index (χ1) is 52.1. The molecule has 10 atom stereocenters. The SMILES string of the molecule is CC(=O)OC[C@H]1OC(Oc2ccc(C(=O)CCCOCCN=[N+]=[N-])cc2OS(=O)(=O)Oc2ccc(CBr)cc2)[C@H](OC(C)=O)[C@@H](OC(C)=O)[C@H]1OC(C)=O.CC(=O)OC[C@H]1OC(Oc2ccc(C(=O)CCCOCCN=[N+]=[N-])cc2OS(=O)(=O)Oc2ccc(CN(C)C)cc2)[C@H](OC(C)=O)[C@@H](OC(C)=O)[C@H]1OC(C)=O. The first kappa shape index (κ1) is 90.2. The van der Waals surface area contributed by atoms with Crippen molar-refractivity contribution in [1.29, 1.82) is 0 Å². The number of rotatable bonds is 41. The number of hydrogen-bond donors (Lipinski definition) is 0. The molecule has 4 aromatic carbocycles. The molecule has 2 heterocycles. The minimum atomic E-state index is -4.94. The van der Waals surface area contributed by atoms with E-state index in [1.54, 1.807) is 24.3 Å². The van der Waals surface area contributed by atoms with Gasteiger partial charge in [0.1, 0.15) is 36.9 Å². The standard InChI is InChI=1S/C35H44N4O16S.C33H38BrN3O16S/c1-21(40)48-20-31-32(49-22(2)41)33(50-23(3)42)34(51-24(4)43)35(53-31)52-29-14-11-26(28(44)8-7-16-47-17-15-37-38-36)18-30(29)55-56(45,46)54-27-12-9-25(10-13-27)19-39(5)6;1-19(38)46-18-29-30(47-20(2)39)31(48-21(3)40)32(49-22(4)41)33(51-29)50-27-12-9-24(26(42)6-5-14-45-15-13-36-37-35)16-28(27)53-54(43,44)52-25-10-7-23(17-34)8-11-25/h9-14,18,31-35H,7-8,15-17,19-20H2,1-6H3;7-12,16,29-33H,5-6,13-15,17-18H2,1-4H3/t31-,32+,33+,34-,35?;29-,30+,31+,32-,33?/m11/s1. The van der Waals surface area contributed by atoms with E-state index in [2.05, 4.69) is 36.0 Å². The van der Waals surface area contributed by atoms with Crippen LogP contribution in [0.1, 0.15) is 113 Å². The van der Waals surface area contributed by atoms with Crippen LogP contribution in [0.4, 0.5) is 0 Å². The van der Waals surface area contributed by atoms with Crippen LogP contribution in [0.25, 0.3) is 20.9 Å². The molecule has 2 aliphatic heterocycles. The predicted molar refractivity (Wildman–Crippen MR) is 378 cm³/mol. The Labute approximate surface area is 639 Å². The van der Waals surface area contributed by atoms with Gasteiger partial charge in [-0.15, -0.1) is 16.8 Å². The molecule has 2 fully saturated rings. The number of ether oxygens (including phenoxy) is 14. The molecule has 0 spiro atoms. The van der Waals surface area contributed by atoms with E-state index in [0.717, 1.165) is 78.6 Å². The molecule has 0 bridgehead atoms. The fraction of sp³-hybridized carbons (Fsp3) is 0.500. The average Bonchev–Trinajstić information content (AvgIpc) is 0.784. The van der Waals surface area contributed by atoms with Gasteiger partial charge in [0.15, 0.2) is 59.0 Å². The third-order valence-corrected chi connectivity index (χ3v) is 16.6. The van der Waals surface area contributed by atoms with Gasteiger partial charge in [-0.1, -0.05) is 50.4 Å². The molecule has 42 heteroatoms. The van der Waals surface area contributed by atoms with Crippen LogP contribution in [0.2, 0.25) is 0 Å². The fourth-order valence-electron chi connectivity index (χ4n) is 10.1. The summed E-state index contributed by atoms with van der Waals surface area (Å²) in [6.45, 7) is 8.79. The highest BCUT2D eigenvalue weighted by Crippen LogP contribution is 2.39. The van der Waals surface area contributed by atoms with Crippen LogP contribution < -0.4 is 26.2 Å². The summed E-state index contributed by atoms with van der Waals surface area (Å²) in [5.74, 6) is -9.79. The van der Waals surface area contributed by atoms with E-state index < -0.39 is 178 Å². The lowest BCUT2D eigenvalue weighted by Gasteiger charge is -2.43. The Kier molecular flexibility index (Phi) is 36.8. The lowest BCUT2D eigenvalue weighted by atomic mass is 9.98. The van der Waals surface area contributed by atoms with Gasteiger partial charge in [-0.25, -0.2) is 0 Å². The minimum absolute atomic E-state index is 0.00814. The first-order valence-electron chi connectivity index (χ1n) is 33.2. The summed E-state index contributed by atoms with van der Waals surface area (Å²) in [5, 5.41) is 7.21. The number of carbonyl (C=O) groups is 10. The van der Waals surface area contributed by atoms with Crippen molar-refractivity contribution in [3.8, 4) is 34.5 Å². The number of Topliss-reactive ketones (excluding diaryl/α,β-unsaturated/α-hetero) is 2. The number of esters is 8. The summed E-state index contributed by atoms with van der Waals surface area (Å²) >= 11 is 3.30. The Morgan fingerprint density at radius 1 is 0.445 bits per heavy atom. The lowest BCUT2D eigenvalue weighted by molar-refractivity contribution is -0.288. The maximum absolute atomic E-state index is 13.3. The van der Waals surface area contributed by atoms with Crippen molar-refractivity contribution < 1.29 is 148 Å². The van der Waals surface area contributed by atoms with Crippen LogP contribution >= 0.6 is 15.9 Å². The number of nitrogens with zero attached hydrogens (tertiary/aromatic N) is 7. The van der Waals surface area contributed by atoms with E-state index in [0.29, 0.717) is 11.9 Å². The number of halogens is 1. The molecule has 0 aliphatic carbocycles. The molecule has 39 nitrogen and oxygen atoms in total. The summed E-state index contributed by atoms with van der Waals surface area (Å²) in [4.78, 5) is 130. The molecule has 0 amide bonds. The van der Waals surface area contributed by atoms with E-state index in [4.69, 9.17) is 94.1 Å². The maximum Gasteiger partial charge on any atom is 0.501 e. The molecule has 0 N–H and O–H groups in total. The zero-order chi connectivity index (χ0) is 81.3. The molecule has 6 rings (SSSR count). The lowest BCUT2D eigenvalue weighted by Crippen LogP contribution is -2.63. The zero-order valence-electron chi connectivity index (χ0n) is 61.1. The molecule has 0 saturated carbocycles. The highest BCUT2D eigenvalue weighted by atomic mass is 79.9. The van der Waals surface area contributed by atoms with Crippen molar-refractivity contribution in [2.45, 2.75) is 154 Å². The zero-order valence-corrected chi connectivity index (χ0v) is 64.4. The smallest absolute Gasteiger partial charge is 0.463 e. The van der Waals surface area contributed by atoms with Crippen molar-refractivity contribution in [1.82, 2.24) is 4.90 Å². The van der Waals surface area contributed by atoms with E-state index in [1.807, 2.05) is 19.0 Å². The largest absolute Gasteiger partial charge is 0.501 e. The Bertz CT molecular complexity index is 4180. The van der Waals surface area contributed by atoms with Crippen molar-refractivity contribution in [2.24, 2.45) is 10.2 Å². The first-order valence-corrected chi connectivity index (χ1v) is 37.0. The monoisotopic (exact) mass is 1650 g/mol. The average molecular weight is 1650 g/mol. The van der Waals surface area contributed by atoms with Gasteiger partial charge < -0.3 is 87.9 Å². The van der Waals surface area contributed by atoms with Gasteiger partial charge in [-0.2, -0.15) is 0 Å². The molecular weight excluding hydrogens is 1570 g/mol. The topological polar surface area (TPSA) is 506 Å². The Hall–Kier alpha value is -10.4. The third-order valence-electron chi connectivity index (χ3n) is 14.4. The summed E-state index contributed by atoms with van der Waals surface area (Å²) in [6, 6.07) is 19.2. The number of carbonyl (C=O) groups excluding carboxylic acids is 10. The van der Waals surface area contributed by atoms with Crippen molar-refractivity contribution in [3.05, 3.63) is 128 Å². The van der Waals surface area contributed by atoms with Crippen LogP contribution in [-0.2, 0) is 128 Å². The van der Waals surface area contributed by atoms with Crippen LogP contribution in [0.15, 0.2) is 95.2 Å². The summed E-state index contributed by atoms with van der Waals surface area (Å²) in [7, 11) is -6.13. The minimum Gasteiger partial charge on any atom is -0.463 e. The molecule has 2 saturated heterocycles. The highest BCUT2D eigenvalue weighted by Gasteiger charge is 2.55. The Morgan fingerprint density at radius 3 is 1.12 bits per heavy atom. The van der Waals surface area contributed by atoms with Crippen molar-refractivity contribution in [3.63, 3.8) is 0 Å². The van der Waals surface area contributed by atoms with Gasteiger partial charge in [0, 0.05) is 127 Å². The molecule has 0 radical (unpaired) electrons. The van der Waals surface area contributed by atoms with Crippen LogP contribution in [0.5, 0.6) is 34.5 Å². The number of hydrogen-bond acceptors (Lipinski definition) is 35. The van der Waals surface area contributed by atoms with E-state index >= 15 is 0 Å². The summed E-state index contributed by atoms with van der Waals surface area (Å²) in [5.41, 5.74) is 18.4. The van der Waals surface area contributed by atoms with Gasteiger partial charge in [0.05, 0.1) is 13.2 Å². The second-order valence-corrected chi connectivity index (χ2v) is 26.6. The van der Waals surface area contributed by atoms with E-state index in [-0.39, 0.29) is 87.8 Å². The number of alkyl halides is 1. The molecule has 0 aromatic heterocycles. The van der Waals surface area contributed by atoms with Gasteiger partial charge in [0.2, 0.25) is 24.8 Å². The molecule has 4 aromatic rings.